The summed E-state index contributed by atoms with van der Waals surface area (Å²) < 4.78 is 0. The Hall–Kier alpha value is -0.960. The van der Waals surface area contributed by atoms with E-state index in [0.29, 0.717) is 6.04 Å². The van der Waals surface area contributed by atoms with Crippen LogP contribution in [0, 0.1) is 0 Å². The molecule has 1 aliphatic rings. The lowest BCUT2D eigenvalue weighted by atomic mass is 10.2. The first-order valence-electron chi connectivity index (χ1n) is 7.00. The van der Waals surface area contributed by atoms with Gasteiger partial charge in [0.25, 0.3) is 0 Å². The summed E-state index contributed by atoms with van der Waals surface area (Å²) in [6.07, 6.45) is 2.61. The quantitative estimate of drug-likeness (QED) is 0.763. The topological polar surface area (TPSA) is 12.0 Å². The molecule has 0 aromatic heterocycles. The van der Waals surface area contributed by atoms with Crippen LogP contribution in [0.15, 0.2) is 53.4 Å². The summed E-state index contributed by atoms with van der Waals surface area (Å²) in [4.78, 5) is 1.29. The Morgan fingerprint density at radius 2 is 1.85 bits per heavy atom. The maximum absolute atomic E-state index is 6.36. The molecule has 0 amide bonds. The molecule has 0 radical (unpaired) electrons. The van der Waals surface area contributed by atoms with Crippen molar-refractivity contribution >= 4 is 23.4 Å². The Bertz CT molecular complexity index is 566. The van der Waals surface area contributed by atoms with Gasteiger partial charge in [-0.1, -0.05) is 48.0 Å². The zero-order valence-corrected chi connectivity index (χ0v) is 12.9. The fourth-order valence-corrected chi connectivity index (χ4v) is 3.46. The molecule has 0 aliphatic heterocycles. The minimum Gasteiger partial charge on any atom is -0.310 e. The standard InChI is InChI=1S/C17H18ClNS/c18-16-7-4-8-17(15(16)11-19-14-9-10-14)20-12-13-5-2-1-3-6-13/h1-8,14,19H,9-12H2. The van der Waals surface area contributed by atoms with Gasteiger partial charge in [-0.2, -0.15) is 0 Å². The first-order valence-corrected chi connectivity index (χ1v) is 8.37. The Kier molecular flexibility index (Phi) is 4.66. The van der Waals surface area contributed by atoms with Crippen molar-refractivity contribution in [2.24, 2.45) is 0 Å². The lowest BCUT2D eigenvalue weighted by Gasteiger charge is -2.12. The van der Waals surface area contributed by atoms with E-state index >= 15 is 0 Å². The maximum Gasteiger partial charge on any atom is 0.0462 e. The third-order valence-corrected chi connectivity index (χ3v) is 4.98. The number of halogens is 1. The highest BCUT2D eigenvalue weighted by Crippen LogP contribution is 2.31. The van der Waals surface area contributed by atoms with E-state index in [0.717, 1.165) is 17.3 Å². The summed E-state index contributed by atoms with van der Waals surface area (Å²) in [5.41, 5.74) is 2.58. The van der Waals surface area contributed by atoms with Gasteiger partial charge in [0.2, 0.25) is 0 Å². The van der Waals surface area contributed by atoms with E-state index in [-0.39, 0.29) is 0 Å². The van der Waals surface area contributed by atoms with Gasteiger partial charge in [-0.05, 0) is 36.1 Å². The van der Waals surface area contributed by atoms with Crippen LogP contribution >= 0.6 is 23.4 Å². The SMILES string of the molecule is Clc1cccc(SCc2ccccc2)c1CNC1CC1. The van der Waals surface area contributed by atoms with E-state index < -0.39 is 0 Å². The highest BCUT2D eigenvalue weighted by atomic mass is 35.5. The molecule has 1 fully saturated rings. The number of nitrogens with one attached hydrogen (secondary N) is 1. The Morgan fingerprint density at radius 3 is 2.60 bits per heavy atom. The molecule has 104 valence electrons. The van der Waals surface area contributed by atoms with Crippen LogP contribution in [0.2, 0.25) is 5.02 Å². The molecule has 0 spiro atoms. The van der Waals surface area contributed by atoms with Crippen LogP contribution in [0.4, 0.5) is 0 Å². The number of hydrogen-bond acceptors (Lipinski definition) is 2. The molecular weight excluding hydrogens is 286 g/mol. The summed E-state index contributed by atoms with van der Waals surface area (Å²) in [6, 6.07) is 17.5. The van der Waals surface area contributed by atoms with Gasteiger partial charge in [0.05, 0.1) is 0 Å². The van der Waals surface area contributed by atoms with Crippen molar-refractivity contribution in [1.82, 2.24) is 5.32 Å². The highest BCUT2D eigenvalue weighted by molar-refractivity contribution is 7.98. The molecule has 0 saturated heterocycles. The van der Waals surface area contributed by atoms with Gasteiger partial charge in [-0.15, -0.1) is 11.8 Å². The fraction of sp³-hybridized carbons (Fsp3) is 0.294. The second-order valence-electron chi connectivity index (χ2n) is 5.15. The molecule has 1 saturated carbocycles. The minimum atomic E-state index is 0.707. The Balaban J connectivity index is 1.69. The van der Waals surface area contributed by atoms with Gasteiger partial charge in [0, 0.05) is 28.3 Å². The van der Waals surface area contributed by atoms with Crippen LogP contribution in [-0.2, 0) is 12.3 Å². The zero-order chi connectivity index (χ0) is 13.8. The molecule has 0 heterocycles. The summed E-state index contributed by atoms with van der Waals surface area (Å²) in [5, 5.41) is 4.43. The van der Waals surface area contributed by atoms with Gasteiger partial charge < -0.3 is 5.32 Å². The predicted molar refractivity (Wildman–Crippen MR) is 87.3 cm³/mol. The van der Waals surface area contributed by atoms with Crippen LogP contribution in [0.1, 0.15) is 24.0 Å². The van der Waals surface area contributed by atoms with E-state index in [4.69, 9.17) is 11.6 Å². The van der Waals surface area contributed by atoms with Crippen LogP contribution in [0.25, 0.3) is 0 Å². The average molecular weight is 304 g/mol. The summed E-state index contributed by atoms with van der Waals surface area (Å²) >= 11 is 8.22. The molecule has 0 unspecified atom stereocenters. The van der Waals surface area contributed by atoms with Gasteiger partial charge in [-0.3, -0.25) is 0 Å². The van der Waals surface area contributed by atoms with Crippen LogP contribution in [0.3, 0.4) is 0 Å². The smallest absolute Gasteiger partial charge is 0.0462 e. The van der Waals surface area contributed by atoms with E-state index in [1.165, 1.54) is 28.9 Å². The van der Waals surface area contributed by atoms with Crippen molar-refractivity contribution in [3.05, 3.63) is 64.7 Å². The average Bonchev–Trinajstić information content (AvgIpc) is 3.29. The molecule has 2 aromatic carbocycles. The molecule has 2 aromatic rings. The van der Waals surface area contributed by atoms with Crippen LogP contribution in [0.5, 0.6) is 0 Å². The van der Waals surface area contributed by atoms with E-state index in [9.17, 15) is 0 Å². The lowest BCUT2D eigenvalue weighted by Crippen LogP contribution is -2.16. The second-order valence-corrected chi connectivity index (χ2v) is 6.57. The first kappa shape index (κ1) is 14.0. The highest BCUT2D eigenvalue weighted by Gasteiger charge is 2.21. The lowest BCUT2D eigenvalue weighted by molar-refractivity contribution is 0.680. The molecule has 1 aliphatic carbocycles. The second kappa shape index (κ2) is 6.66. The van der Waals surface area contributed by atoms with Crippen LogP contribution < -0.4 is 5.32 Å². The summed E-state index contributed by atoms with van der Waals surface area (Å²) in [5.74, 6) is 0.984. The summed E-state index contributed by atoms with van der Waals surface area (Å²) in [6.45, 7) is 0.876. The van der Waals surface area contributed by atoms with Gasteiger partial charge in [0.15, 0.2) is 0 Å². The van der Waals surface area contributed by atoms with E-state index in [1.807, 2.05) is 23.9 Å². The molecule has 3 heteroatoms. The molecule has 1 N–H and O–H groups in total. The van der Waals surface area contributed by atoms with E-state index in [2.05, 4.69) is 41.7 Å². The van der Waals surface area contributed by atoms with Crippen molar-refractivity contribution < 1.29 is 0 Å². The minimum absolute atomic E-state index is 0.707. The maximum atomic E-state index is 6.36. The van der Waals surface area contributed by atoms with Crippen molar-refractivity contribution in [1.29, 1.82) is 0 Å². The molecule has 3 rings (SSSR count). The van der Waals surface area contributed by atoms with Gasteiger partial charge in [0.1, 0.15) is 0 Å². The Labute approximate surface area is 129 Å². The van der Waals surface area contributed by atoms with Crippen LogP contribution in [-0.4, -0.2) is 6.04 Å². The van der Waals surface area contributed by atoms with Crippen molar-refractivity contribution in [2.45, 2.75) is 36.1 Å². The predicted octanol–water partition coefficient (Wildman–Crippen LogP) is 4.88. The molecule has 1 nitrogen and oxygen atoms in total. The van der Waals surface area contributed by atoms with Crippen molar-refractivity contribution in [2.75, 3.05) is 0 Å². The largest absolute Gasteiger partial charge is 0.310 e. The molecule has 20 heavy (non-hydrogen) atoms. The zero-order valence-electron chi connectivity index (χ0n) is 11.3. The molecular formula is C17H18ClNS. The Morgan fingerprint density at radius 1 is 1.05 bits per heavy atom. The van der Waals surface area contributed by atoms with Gasteiger partial charge >= 0.3 is 0 Å². The van der Waals surface area contributed by atoms with Crippen molar-refractivity contribution in [3.63, 3.8) is 0 Å². The third-order valence-electron chi connectivity index (χ3n) is 3.46. The monoisotopic (exact) mass is 303 g/mol. The number of hydrogen-bond donors (Lipinski definition) is 1. The van der Waals surface area contributed by atoms with E-state index in [1.54, 1.807) is 0 Å². The third kappa shape index (κ3) is 3.78. The summed E-state index contributed by atoms with van der Waals surface area (Å²) in [7, 11) is 0. The fourth-order valence-electron chi connectivity index (χ4n) is 2.11. The number of thioether (sulfide) groups is 1. The molecule has 0 atom stereocenters. The number of rotatable bonds is 6. The van der Waals surface area contributed by atoms with Gasteiger partial charge in [-0.25, -0.2) is 0 Å². The van der Waals surface area contributed by atoms with Crippen molar-refractivity contribution in [3.8, 4) is 0 Å². The normalized spacial score (nSPS) is 14.4. The first-order chi connectivity index (χ1) is 9.83. The molecule has 0 bridgehead atoms. The number of benzene rings is 2.